The first-order chi connectivity index (χ1) is 9.93. The Hall–Kier alpha value is -0.920. The molecule has 1 N–H and O–H groups in total. The van der Waals surface area contributed by atoms with Crippen LogP contribution in [0.25, 0.3) is 0 Å². The number of carboxylic acids is 1. The van der Waals surface area contributed by atoms with Crippen LogP contribution >= 0.6 is 11.3 Å². The molecule has 0 atom stereocenters. The Morgan fingerprint density at radius 1 is 1.19 bits per heavy atom. The molecule has 2 fully saturated rings. The highest BCUT2D eigenvalue weighted by Gasteiger charge is 2.40. The van der Waals surface area contributed by atoms with Crippen LogP contribution in [0.2, 0.25) is 0 Å². The standard InChI is InChI=1S/C14H19NO4S2/c16-13(17)12-9-11(10-20-12)21(18,19)15-7-5-14(6-8-15)3-1-2-4-14/h9-10H,1-8H2,(H,16,17). The molecule has 2 heterocycles. The zero-order chi connectivity index (χ0) is 15.1. The third-order valence-corrected chi connectivity index (χ3v) is 7.82. The number of piperidine rings is 1. The van der Waals surface area contributed by atoms with Crippen LogP contribution in [0, 0.1) is 5.41 Å². The topological polar surface area (TPSA) is 74.7 Å². The van der Waals surface area contributed by atoms with Gasteiger partial charge in [0.15, 0.2) is 0 Å². The summed E-state index contributed by atoms with van der Waals surface area (Å²) in [5.74, 6) is -1.08. The van der Waals surface area contributed by atoms with Crippen LogP contribution in [0.1, 0.15) is 48.2 Å². The van der Waals surface area contributed by atoms with Crippen LogP contribution in [0.3, 0.4) is 0 Å². The van der Waals surface area contributed by atoms with E-state index in [0.717, 1.165) is 24.2 Å². The number of sulfonamides is 1. The highest BCUT2D eigenvalue weighted by atomic mass is 32.2. The average molecular weight is 329 g/mol. The molecule has 3 rings (SSSR count). The number of hydrogen-bond acceptors (Lipinski definition) is 4. The number of thiophene rings is 1. The van der Waals surface area contributed by atoms with E-state index >= 15 is 0 Å². The van der Waals surface area contributed by atoms with E-state index in [2.05, 4.69) is 0 Å². The summed E-state index contributed by atoms with van der Waals surface area (Å²) in [6, 6.07) is 1.27. The van der Waals surface area contributed by atoms with Crippen LogP contribution in [0.15, 0.2) is 16.3 Å². The molecule has 0 radical (unpaired) electrons. The Kier molecular flexibility index (Phi) is 3.83. The van der Waals surface area contributed by atoms with E-state index < -0.39 is 16.0 Å². The second kappa shape index (κ2) is 5.37. The second-order valence-electron chi connectivity index (χ2n) is 6.06. The predicted molar refractivity (Wildman–Crippen MR) is 80.2 cm³/mol. The van der Waals surface area contributed by atoms with Gasteiger partial charge in [0.2, 0.25) is 10.0 Å². The van der Waals surface area contributed by atoms with Crippen molar-refractivity contribution < 1.29 is 18.3 Å². The van der Waals surface area contributed by atoms with Crippen molar-refractivity contribution in [1.29, 1.82) is 0 Å². The smallest absolute Gasteiger partial charge is 0.345 e. The lowest BCUT2D eigenvalue weighted by atomic mass is 9.78. The van der Waals surface area contributed by atoms with E-state index in [0.29, 0.717) is 18.5 Å². The normalized spacial score (nSPS) is 22.7. The summed E-state index contributed by atoms with van der Waals surface area (Å²) in [5.41, 5.74) is 0.368. The number of nitrogens with zero attached hydrogens (tertiary/aromatic N) is 1. The monoisotopic (exact) mass is 329 g/mol. The Labute approximate surface area is 128 Å². The first-order valence-corrected chi connectivity index (χ1v) is 9.57. The maximum atomic E-state index is 12.6. The van der Waals surface area contributed by atoms with Crippen molar-refractivity contribution in [3.8, 4) is 0 Å². The van der Waals surface area contributed by atoms with Crippen LogP contribution in [0.4, 0.5) is 0 Å². The van der Waals surface area contributed by atoms with Gasteiger partial charge in [-0.2, -0.15) is 4.31 Å². The minimum Gasteiger partial charge on any atom is -0.477 e. The van der Waals surface area contributed by atoms with Gasteiger partial charge < -0.3 is 5.11 Å². The van der Waals surface area contributed by atoms with E-state index in [1.165, 1.54) is 41.4 Å². The third kappa shape index (κ3) is 2.74. The van der Waals surface area contributed by atoms with Gasteiger partial charge in [-0.05, 0) is 37.2 Å². The maximum absolute atomic E-state index is 12.6. The molecule has 1 aromatic rings. The number of carbonyl (C=O) groups is 1. The van der Waals surface area contributed by atoms with Crippen LogP contribution in [-0.4, -0.2) is 36.9 Å². The molecule has 5 nitrogen and oxygen atoms in total. The van der Waals surface area contributed by atoms with E-state index in [4.69, 9.17) is 5.11 Å². The van der Waals surface area contributed by atoms with Gasteiger partial charge in [0.1, 0.15) is 4.88 Å². The van der Waals surface area contributed by atoms with Crippen molar-refractivity contribution in [2.24, 2.45) is 5.41 Å². The zero-order valence-corrected chi connectivity index (χ0v) is 13.4. The highest BCUT2D eigenvalue weighted by molar-refractivity contribution is 7.89. The van der Waals surface area contributed by atoms with Crippen LogP contribution in [-0.2, 0) is 10.0 Å². The van der Waals surface area contributed by atoms with Gasteiger partial charge >= 0.3 is 5.97 Å². The van der Waals surface area contributed by atoms with E-state index in [1.807, 2.05) is 0 Å². The van der Waals surface area contributed by atoms with Crippen molar-refractivity contribution >= 4 is 27.3 Å². The molecule has 21 heavy (non-hydrogen) atoms. The molecule has 1 aromatic heterocycles. The minimum absolute atomic E-state index is 0.0675. The first kappa shape index (κ1) is 15.0. The van der Waals surface area contributed by atoms with Crippen molar-refractivity contribution in [1.82, 2.24) is 4.31 Å². The lowest BCUT2D eigenvalue weighted by molar-refractivity contribution is 0.0702. The lowest BCUT2D eigenvalue weighted by Gasteiger charge is -2.38. The maximum Gasteiger partial charge on any atom is 0.345 e. The molecular weight excluding hydrogens is 310 g/mol. The van der Waals surface area contributed by atoms with Crippen molar-refractivity contribution in [3.05, 3.63) is 16.3 Å². The third-order valence-electron chi connectivity index (χ3n) is 4.87. The van der Waals surface area contributed by atoms with Crippen LogP contribution < -0.4 is 0 Å². The van der Waals surface area contributed by atoms with Gasteiger partial charge in [-0.25, -0.2) is 13.2 Å². The summed E-state index contributed by atoms with van der Waals surface area (Å²) in [7, 11) is -3.54. The highest BCUT2D eigenvalue weighted by Crippen LogP contribution is 2.46. The van der Waals surface area contributed by atoms with Gasteiger partial charge in [-0.3, -0.25) is 0 Å². The van der Waals surface area contributed by atoms with Crippen LogP contribution in [0.5, 0.6) is 0 Å². The minimum atomic E-state index is -3.54. The Morgan fingerprint density at radius 2 is 1.81 bits per heavy atom. The van der Waals surface area contributed by atoms with Gasteiger partial charge in [-0.1, -0.05) is 12.8 Å². The molecule has 0 amide bonds. The summed E-state index contributed by atoms with van der Waals surface area (Å²) in [5, 5.41) is 10.3. The molecular formula is C14H19NO4S2. The first-order valence-electron chi connectivity index (χ1n) is 7.25. The molecule has 0 bridgehead atoms. The molecule has 1 aliphatic carbocycles. The zero-order valence-electron chi connectivity index (χ0n) is 11.7. The van der Waals surface area contributed by atoms with Gasteiger partial charge in [0.25, 0.3) is 0 Å². The molecule has 0 aromatic carbocycles. The fourth-order valence-corrected chi connectivity index (χ4v) is 6.08. The SMILES string of the molecule is O=C(O)c1cc(S(=O)(=O)N2CCC3(CCCC3)CC2)cs1. The molecule has 7 heteroatoms. The van der Waals surface area contributed by atoms with E-state index in [-0.39, 0.29) is 9.77 Å². The second-order valence-corrected chi connectivity index (χ2v) is 8.91. The molecule has 1 spiro atoms. The molecule has 1 aliphatic heterocycles. The average Bonchev–Trinajstić information content (AvgIpc) is 3.09. The van der Waals surface area contributed by atoms with Gasteiger partial charge in [0, 0.05) is 18.5 Å². The molecule has 116 valence electrons. The fourth-order valence-electron chi connectivity index (χ4n) is 3.54. The van der Waals surface area contributed by atoms with E-state index in [9.17, 15) is 13.2 Å². The summed E-state index contributed by atoms with van der Waals surface area (Å²) in [6.45, 7) is 1.11. The lowest BCUT2D eigenvalue weighted by Crippen LogP contribution is -2.42. The van der Waals surface area contributed by atoms with Crippen molar-refractivity contribution in [3.63, 3.8) is 0 Å². The Bertz CT molecular complexity index is 634. The Morgan fingerprint density at radius 3 is 2.33 bits per heavy atom. The molecule has 1 saturated heterocycles. The summed E-state index contributed by atoms with van der Waals surface area (Å²) >= 11 is 0.962. The Balaban J connectivity index is 1.75. The predicted octanol–water partition coefficient (Wildman–Crippen LogP) is 2.79. The summed E-state index contributed by atoms with van der Waals surface area (Å²) in [6.07, 6.45) is 6.84. The molecule has 1 saturated carbocycles. The van der Waals surface area contributed by atoms with Gasteiger partial charge in [-0.15, -0.1) is 11.3 Å². The summed E-state index contributed by atoms with van der Waals surface area (Å²) in [4.78, 5) is 11.1. The number of aromatic carboxylic acids is 1. The van der Waals surface area contributed by atoms with Crippen molar-refractivity contribution in [2.75, 3.05) is 13.1 Å². The summed E-state index contributed by atoms with van der Waals surface area (Å²) < 4.78 is 26.7. The van der Waals surface area contributed by atoms with Gasteiger partial charge in [0.05, 0.1) is 4.90 Å². The van der Waals surface area contributed by atoms with Crippen molar-refractivity contribution in [2.45, 2.75) is 43.4 Å². The number of carboxylic acid groups (broad SMARTS) is 1. The quantitative estimate of drug-likeness (QED) is 0.925. The largest absolute Gasteiger partial charge is 0.477 e. The fraction of sp³-hybridized carbons (Fsp3) is 0.643. The van der Waals surface area contributed by atoms with E-state index in [1.54, 1.807) is 0 Å². The molecule has 2 aliphatic rings. The molecule has 0 unspecified atom stereocenters. The number of hydrogen-bond donors (Lipinski definition) is 1. The number of rotatable bonds is 3.